The van der Waals surface area contributed by atoms with E-state index in [0.29, 0.717) is 29.2 Å². The van der Waals surface area contributed by atoms with E-state index in [-0.39, 0.29) is 0 Å². The number of aryl methyl sites for hydroxylation is 1. The first-order valence-electron chi connectivity index (χ1n) is 10.1. The Kier molecular flexibility index (Phi) is 7.60. The molecule has 0 spiro atoms. The number of ether oxygens (including phenoxy) is 2. The monoisotopic (exact) mass is 402 g/mol. The van der Waals surface area contributed by atoms with Gasteiger partial charge in [-0.05, 0) is 55.6 Å². The predicted molar refractivity (Wildman–Crippen MR) is 115 cm³/mol. The predicted octanol–water partition coefficient (Wildman–Crippen LogP) is 4.81. The van der Waals surface area contributed by atoms with Crippen LogP contribution in [0.2, 0.25) is 5.02 Å². The molecule has 0 bridgehead atoms. The quantitative estimate of drug-likeness (QED) is 0.652. The molecule has 4 nitrogen and oxygen atoms in total. The molecule has 1 aliphatic heterocycles. The van der Waals surface area contributed by atoms with Crippen molar-refractivity contribution in [3.8, 4) is 11.5 Å². The molecule has 1 N–H and O–H groups in total. The van der Waals surface area contributed by atoms with Crippen LogP contribution in [0.25, 0.3) is 0 Å². The van der Waals surface area contributed by atoms with E-state index < -0.39 is 0 Å². The maximum atomic E-state index is 6.54. The van der Waals surface area contributed by atoms with Crippen molar-refractivity contribution in [2.75, 3.05) is 26.7 Å². The Balaban J connectivity index is 1.61. The van der Waals surface area contributed by atoms with E-state index in [0.717, 1.165) is 30.8 Å². The molecular formula is C23H31ClN2O2. The summed E-state index contributed by atoms with van der Waals surface area (Å²) in [5.74, 6) is 1.39. The number of hydrogen-bond acceptors (Lipinski definition) is 4. The highest BCUT2D eigenvalue weighted by molar-refractivity contribution is 6.31. The standard InChI is InChI=1S/C23H31ClN2O2/c1-4-26-11-7-10-20(26)15-25-14-19-12-22(27-3)23(13-21(19)24)28-16-18-9-6-5-8-17(18)2/h5-6,8-9,12-13,20,25H,4,7,10-11,14-16H2,1-3H3. The van der Waals surface area contributed by atoms with Gasteiger partial charge in [0.05, 0.1) is 7.11 Å². The first-order chi connectivity index (χ1) is 13.6. The number of benzene rings is 2. The summed E-state index contributed by atoms with van der Waals surface area (Å²) in [5, 5.41) is 4.26. The van der Waals surface area contributed by atoms with Crippen LogP contribution >= 0.6 is 11.6 Å². The summed E-state index contributed by atoms with van der Waals surface area (Å²) in [4.78, 5) is 2.54. The molecule has 0 amide bonds. The van der Waals surface area contributed by atoms with Gasteiger partial charge in [-0.3, -0.25) is 4.90 Å². The molecule has 1 unspecified atom stereocenters. The van der Waals surface area contributed by atoms with Crippen molar-refractivity contribution in [1.29, 1.82) is 0 Å². The highest BCUT2D eigenvalue weighted by Gasteiger charge is 2.22. The summed E-state index contributed by atoms with van der Waals surface area (Å²) >= 11 is 6.54. The number of rotatable bonds is 9. The van der Waals surface area contributed by atoms with E-state index in [9.17, 15) is 0 Å². The van der Waals surface area contributed by atoms with Gasteiger partial charge in [-0.2, -0.15) is 0 Å². The zero-order valence-corrected chi connectivity index (χ0v) is 17.9. The number of nitrogens with zero attached hydrogens (tertiary/aromatic N) is 1. The first kappa shape index (κ1) is 21.0. The smallest absolute Gasteiger partial charge is 0.163 e. The molecule has 28 heavy (non-hydrogen) atoms. The maximum Gasteiger partial charge on any atom is 0.163 e. The van der Waals surface area contributed by atoms with Crippen LogP contribution in [-0.2, 0) is 13.2 Å². The Morgan fingerprint density at radius 3 is 2.75 bits per heavy atom. The molecule has 1 saturated heterocycles. The van der Waals surface area contributed by atoms with Gasteiger partial charge in [-0.1, -0.05) is 42.8 Å². The summed E-state index contributed by atoms with van der Waals surface area (Å²) < 4.78 is 11.6. The second-order valence-corrected chi connectivity index (χ2v) is 7.77. The molecule has 1 atom stereocenters. The van der Waals surface area contributed by atoms with Crippen LogP contribution in [0.1, 0.15) is 36.5 Å². The van der Waals surface area contributed by atoms with Gasteiger partial charge in [0.15, 0.2) is 11.5 Å². The van der Waals surface area contributed by atoms with Gasteiger partial charge in [-0.25, -0.2) is 0 Å². The van der Waals surface area contributed by atoms with Crippen LogP contribution in [0.3, 0.4) is 0 Å². The second kappa shape index (κ2) is 10.1. The number of likely N-dealkylation sites (N-methyl/N-ethyl adjacent to an activating group) is 1. The van der Waals surface area contributed by atoms with Crippen molar-refractivity contribution in [1.82, 2.24) is 10.2 Å². The van der Waals surface area contributed by atoms with E-state index in [2.05, 4.69) is 36.2 Å². The fourth-order valence-corrected chi connectivity index (χ4v) is 4.05. The molecule has 2 aromatic rings. The third kappa shape index (κ3) is 5.19. The first-order valence-corrected chi connectivity index (χ1v) is 10.5. The average Bonchev–Trinajstić information content (AvgIpc) is 3.16. The van der Waals surface area contributed by atoms with Gasteiger partial charge in [0.25, 0.3) is 0 Å². The van der Waals surface area contributed by atoms with Crippen molar-refractivity contribution in [2.24, 2.45) is 0 Å². The molecule has 3 rings (SSSR count). The SMILES string of the molecule is CCN1CCCC1CNCc1cc(OC)c(OCc2ccccc2C)cc1Cl. The molecule has 0 saturated carbocycles. The Bertz CT molecular complexity index is 781. The van der Waals surface area contributed by atoms with Crippen molar-refractivity contribution >= 4 is 11.6 Å². The summed E-state index contributed by atoms with van der Waals surface area (Å²) in [7, 11) is 1.67. The van der Waals surface area contributed by atoms with E-state index in [1.54, 1.807) is 7.11 Å². The Hall–Kier alpha value is -1.75. The van der Waals surface area contributed by atoms with Crippen LogP contribution < -0.4 is 14.8 Å². The van der Waals surface area contributed by atoms with Crippen molar-refractivity contribution in [3.63, 3.8) is 0 Å². The zero-order chi connectivity index (χ0) is 19.9. The summed E-state index contributed by atoms with van der Waals surface area (Å²) in [6.45, 7) is 8.85. The highest BCUT2D eigenvalue weighted by Crippen LogP contribution is 2.34. The van der Waals surface area contributed by atoms with Crippen LogP contribution in [0.5, 0.6) is 11.5 Å². The third-order valence-corrected chi connectivity index (χ3v) is 5.93. The van der Waals surface area contributed by atoms with Crippen LogP contribution in [0.4, 0.5) is 0 Å². The van der Waals surface area contributed by atoms with Gasteiger partial charge >= 0.3 is 0 Å². The van der Waals surface area contributed by atoms with Gasteiger partial charge in [0, 0.05) is 30.2 Å². The number of methoxy groups -OCH3 is 1. The van der Waals surface area contributed by atoms with E-state index in [4.69, 9.17) is 21.1 Å². The normalized spacial score (nSPS) is 17.1. The van der Waals surface area contributed by atoms with Gasteiger partial charge in [-0.15, -0.1) is 0 Å². The highest BCUT2D eigenvalue weighted by atomic mass is 35.5. The number of likely N-dealkylation sites (tertiary alicyclic amines) is 1. The number of hydrogen-bond donors (Lipinski definition) is 1. The summed E-state index contributed by atoms with van der Waals surface area (Å²) in [6.07, 6.45) is 2.56. The van der Waals surface area contributed by atoms with Crippen LogP contribution in [0.15, 0.2) is 36.4 Å². The molecule has 0 radical (unpaired) electrons. The lowest BCUT2D eigenvalue weighted by atomic mass is 10.1. The fourth-order valence-electron chi connectivity index (χ4n) is 3.83. The van der Waals surface area contributed by atoms with Crippen LogP contribution in [-0.4, -0.2) is 37.7 Å². The molecule has 152 valence electrons. The topological polar surface area (TPSA) is 33.7 Å². The summed E-state index contributed by atoms with van der Waals surface area (Å²) in [5.41, 5.74) is 3.40. The zero-order valence-electron chi connectivity index (χ0n) is 17.1. The molecule has 5 heteroatoms. The van der Waals surface area contributed by atoms with Crippen molar-refractivity contribution in [2.45, 2.75) is 45.9 Å². The van der Waals surface area contributed by atoms with E-state index in [1.807, 2.05) is 24.3 Å². The largest absolute Gasteiger partial charge is 0.493 e. The van der Waals surface area contributed by atoms with Crippen molar-refractivity contribution < 1.29 is 9.47 Å². The number of nitrogens with one attached hydrogen (secondary N) is 1. The summed E-state index contributed by atoms with van der Waals surface area (Å²) in [6, 6.07) is 12.7. The molecule has 0 aliphatic carbocycles. The average molecular weight is 403 g/mol. The Morgan fingerprint density at radius 1 is 1.18 bits per heavy atom. The van der Waals surface area contributed by atoms with Crippen LogP contribution in [0, 0.1) is 6.92 Å². The minimum absolute atomic E-state index is 0.492. The molecule has 1 aliphatic rings. The molecule has 2 aromatic carbocycles. The molecule has 0 aromatic heterocycles. The lowest BCUT2D eigenvalue weighted by Crippen LogP contribution is -2.37. The Labute approximate surface area is 173 Å². The minimum Gasteiger partial charge on any atom is -0.493 e. The van der Waals surface area contributed by atoms with Gasteiger partial charge in [0.2, 0.25) is 0 Å². The van der Waals surface area contributed by atoms with Crippen molar-refractivity contribution in [3.05, 3.63) is 58.1 Å². The number of halogens is 1. The minimum atomic E-state index is 0.492. The lowest BCUT2D eigenvalue weighted by Gasteiger charge is -2.23. The Morgan fingerprint density at radius 2 is 2.00 bits per heavy atom. The third-order valence-electron chi connectivity index (χ3n) is 5.58. The fraction of sp³-hybridized carbons (Fsp3) is 0.478. The van der Waals surface area contributed by atoms with Gasteiger partial charge < -0.3 is 14.8 Å². The van der Waals surface area contributed by atoms with E-state index in [1.165, 1.54) is 24.9 Å². The molecule has 1 fully saturated rings. The van der Waals surface area contributed by atoms with E-state index >= 15 is 0 Å². The second-order valence-electron chi connectivity index (χ2n) is 7.37. The lowest BCUT2D eigenvalue weighted by molar-refractivity contribution is 0.260. The molecule has 1 heterocycles. The molecular weight excluding hydrogens is 372 g/mol. The maximum absolute atomic E-state index is 6.54. The van der Waals surface area contributed by atoms with Gasteiger partial charge in [0.1, 0.15) is 6.61 Å².